The summed E-state index contributed by atoms with van der Waals surface area (Å²) < 4.78 is 5.96. The predicted octanol–water partition coefficient (Wildman–Crippen LogP) is 2.00. The van der Waals surface area contributed by atoms with Gasteiger partial charge in [-0.25, -0.2) is 0 Å². The second-order valence-electron chi connectivity index (χ2n) is 6.10. The maximum atomic E-state index is 5.96. The van der Waals surface area contributed by atoms with Gasteiger partial charge >= 0.3 is 0 Å². The van der Waals surface area contributed by atoms with Crippen molar-refractivity contribution in [2.24, 2.45) is 11.7 Å². The molecule has 0 aromatic carbocycles. The maximum Gasteiger partial charge on any atom is 0.0707 e. The molecule has 3 nitrogen and oxygen atoms in total. The number of rotatable bonds is 7. The van der Waals surface area contributed by atoms with E-state index in [9.17, 15) is 0 Å². The van der Waals surface area contributed by atoms with Crippen molar-refractivity contribution in [3.8, 4) is 0 Å². The summed E-state index contributed by atoms with van der Waals surface area (Å²) in [6, 6.07) is 0.856. The monoisotopic (exact) mass is 240 g/mol. The molecule has 1 aliphatic heterocycles. The van der Waals surface area contributed by atoms with Gasteiger partial charge in [-0.05, 0) is 44.6 Å². The molecule has 100 valence electrons. The average molecular weight is 240 g/mol. The minimum Gasteiger partial charge on any atom is -0.372 e. The fourth-order valence-electron chi connectivity index (χ4n) is 2.64. The molecule has 2 aliphatic rings. The Kier molecular flexibility index (Phi) is 4.83. The van der Waals surface area contributed by atoms with E-state index in [1.54, 1.807) is 0 Å². The second kappa shape index (κ2) is 6.17. The third kappa shape index (κ3) is 4.23. The van der Waals surface area contributed by atoms with Crippen LogP contribution < -0.4 is 5.73 Å². The SMILES string of the molecule is CC(C)CCN(CC1CCC(CN)O1)C1CC1. The van der Waals surface area contributed by atoms with Crippen LogP contribution >= 0.6 is 0 Å². The lowest BCUT2D eigenvalue weighted by Gasteiger charge is -2.26. The first-order valence-corrected chi connectivity index (χ1v) is 7.28. The van der Waals surface area contributed by atoms with Crippen LogP contribution in [-0.4, -0.2) is 42.8 Å². The fourth-order valence-corrected chi connectivity index (χ4v) is 2.64. The Labute approximate surface area is 106 Å². The number of hydrogen-bond donors (Lipinski definition) is 1. The number of nitrogens with zero attached hydrogens (tertiary/aromatic N) is 1. The molecule has 0 bridgehead atoms. The Morgan fingerprint density at radius 3 is 2.41 bits per heavy atom. The summed E-state index contributed by atoms with van der Waals surface area (Å²) in [5, 5.41) is 0. The van der Waals surface area contributed by atoms with Gasteiger partial charge in [0.2, 0.25) is 0 Å². The molecule has 0 radical (unpaired) electrons. The van der Waals surface area contributed by atoms with Gasteiger partial charge in [-0.3, -0.25) is 4.90 Å². The van der Waals surface area contributed by atoms with E-state index in [4.69, 9.17) is 10.5 Å². The van der Waals surface area contributed by atoms with Crippen LogP contribution in [0.15, 0.2) is 0 Å². The van der Waals surface area contributed by atoms with Crippen molar-refractivity contribution >= 4 is 0 Å². The van der Waals surface area contributed by atoms with Crippen molar-refractivity contribution in [3.63, 3.8) is 0 Å². The molecule has 0 spiro atoms. The topological polar surface area (TPSA) is 38.5 Å². The molecule has 2 atom stereocenters. The van der Waals surface area contributed by atoms with Crippen LogP contribution in [0, 0.1) is 5.92 Å². The van der Waals surface area contributed by atoms with E-state index in [0.29, 0.717) is 18.8 Å². The minimum atomic E-state index is 0.325. The molecular weight excluding hydrogens is 212 g/mol. The third-order valence-corrected chi connectivity index (χ3v) is 3.95. The summed E-state index contributed by atoms with van der Waals surface area (Å²) in [6.07, 6.45) is 7.22. The third-order valence-electron chi connectivity index (χ3n) is 3.95. The largest absolute Gasteiger partial charge is 0.372 e. The van der Waals surface area contributed by atoms with Crippen LogP contribution in [0.25, 0.3) is 0 Å². The second-order valence-corrected chi connectivity index (χ2v) is 6.10. The Balaban J connectivity index is 1.73. The summed E-state index contributed by atoms with van der Waals surface area (Å²) in [5.74, 6) is 0.803. The van der Waals surface area contributed by atoms with Crippen molar-refractivity contribution < 1.29 is 4.74 Å². The van der Waals surface area contributed by atoms with Crippen LogP contribution in [-0.2, 0) is 4.74 Å². The molecule has 1 aliphatic carbocycles. The molecule has 2 unspecified atom stereocenters. The van der Waals surface area contributed by atoms with Crippen molar-refractivity contribution in [2.75, 3.05) is 19.6 Å². The van der Waals surface area contributed by atoms with Crippen LogP contribution in [0.3, 0.4) is 0 Å². The maximum absolute atomic E-state index is 5.96. The molecular formula is C14H28N2O. The minimum absolute atomic E-state index is 0.325. The Bertz CT molecular complexity index is 228. The zero-order chi connectivity index (χ0) is 12.3. The molecule has 17 heavy (non-hydrogen) atoms. The first-order chi connectivity index (χ1) is 8.19. The van der Waals surface area contributed by atoms with Crippen molar-refractivity contribution in [2.45, 2.75) is 64.2 Å². The van der Waals surface area contributed by atoms with Crippen molar-refractivity contribution in [1.82, 2.24) is 4.90 Å². The van der Waals surface area contributed by atoms with Crippen LogP contribution in [0.2, 0.25) is 0 Å². The molecule has 2 rings (SSSR count). The molecule has 2 fully saturated rings. The molecule has 1 saturated carbocycles. The molecule has 1 heterocycles. The average Bonchev–Trinajstić information content (AvgIpc) is 3.04. The smallest absolute Gasteiger partial charge is 0.0707 e. The number of hydrogen-bond acceptors (Lipinski definition) is 3. The first-order valence-electron chi connectivity index (χ1n) is 7.28. The summed E-state index contributed by atoms with van der Waals surface area (Å²) in [6.45, 7) is 7.68. The highest BCUT2D eigenvalue weighted by molar-refractivity contribution is 4.87. The standard InChI is InChI=1S/C14H28N2O/c1-11(2)7-8-16(12-3-4-12)10-14-6-5-13(9-15)17-14/h11-14H,3-10,15H2,1-2H3. The highest BCUT2D eigenvalue weighted by Gasteiger charge is 2.33. The lowest BCUT2D eigenvalue weighted by Crippen LogP contribution is -2.36. The van der Waals surface area contributed by atoms with Gasteiger partial charge in [0.15, 0.2) is 0 Å². The highest BCUT2D eigenvalue weighted by Crippen LogP contribution is 2.29. The van der Waals surface area contributed by atoms with Crippen molar-refractivity contribution in [1.29, 1.82) is 0 Å². The first kappa shape index (κ1) is 13.3. The lowest BCUT2D eigenvalue weighted by molar-refractivity contribution is 0.0244. The van der Waals surface area contributed by atoms with Gasteiger partial charge < -0.3 is 10.5 Å². The van der Waals surface area contributed by atoms with Gasteiger partial charge in [-0.1, -0.05) is 13.8 Å². The molecule has 1 saturated heterocycles. The Morgan fingerprint density at radius 2 is 1.88 bits per heavy atom. The molecule has 0 amide bonds. The van der Waals surface area contributed by atoms with E-state index < -0.39 is 0 Å². The Hall–Kier alpha value is -0.120. The van der Waals surface area contributed by atoms with Crippen LogP contribution in [0.1, 0.15) is 46.0 Å². The van der Waals surface area contributed by atoms with E-state index in [1.165, 1.54) is 32.2 Å². The number of nitrogens with two attached hydrogens (primary N) is 1. The van der Waals surface area contributed by atoms with Gasteiger partial charge in [0.05, 0.1) is 12.2 Å². The summed E-state index contributed by atoms with van der Waals surface area (Å²) >= 11 is 0. The van der Waals surface area contributed by atoms with Gasteiger partial charge in [0, 0.05) is 19.1 Å². The fraction of sp³-hybridized carbons (Fsp3) is 1.00. The molecule has 2 N–H and O–H groups in total. The van der Waals surface area contributed by atoms with Crippen LogP contribution in [0.4, 0.5) is 0 Å². The zero-order valence-corrected chi connectivity index (χ0v) is 11.4. The molecule has 0 aromatic heterocycles. The van der Waals surface area contributed by atoms with E-state index in [2.05, 4.69) is 18.7 Å². The van der Waals surface area contributed by atoms with E-state index >= 15 is 0 Å². The summed E-state index contributed by atoms with van der Waals surface area (Å²) in [5.41, 5.74) is 5.66. The lowest BCUT2D eigenvalue weighted by atomic mass is 10.1. The van der Waals surface area contributed by atoms with Crippen molar-refractivity contribution in [3.05, 3.63) is 0 Å². The Morgan fingerprint density at radius 1 is 1.18 bits per heavy atom. The van der Waals surface area contributed by atoms with E-state index in [0.717, 1.165) is 24.9 Å². The highest BCUT2D eigenvalue weighted by atomic mass is 16.5. The van der Waals surface area contributed by atoms with E-state index in [1.807, 2.05) is 0 Å². The predicted molar refractivity (Wildman–Crippen MR) is 71.0 cm³/mol. The van der Waals surface area contributed by atoms with Gasteiger partial charge in [0.25, 0.3) is 0 Å². The van der Waals surface area contributed by atoms with E-state index in [-0.39, 0.29) is 0 Å². The van der Waals surface area contributed by atoms with Gasteiger partial charge in [-0.2, -0.15) is 0 Å². The van der Waals surface area contributed by atoms with Crippen LogP contribution in [0.5, 0.6) is 0 Å². The zero-order valence-electron chi connectivity index (χ0n) is 11.4. The molecule has 3 heteroatoms. The van der Waals surface area contributed by atoms with Gasteiger partial charge in [-0.15, -0.1) is 0 Å². The normalized spacial score (nSPS) is 29.5. The molecule has 0 aromatic rings. The summed E-state index contributed by atoms with van der Waals surface area (Å²) in [7, 11) is 0. The summed E-state index contributed by atoms with van der Waals surface area (Å²) in [4.78, 5) is 2.66. The quantitative estimate of drug-likeness (QED) is 0.740. The number of ether oxygens (including phenoxy) is 1. The van der Waals surface area contributed by atoms with Gasteiger partial charge in [0.1, 0.15) is 0 Å².